The number of benzene rings is 2. The van der Waals surface area contributed by atoms with Crippen molar-refractivity contribution in [3.8, 4) is 6.07 Å². The summed E-state index contributed by atoms with van der Waals surface area (Å²) in [6.07, 6.45) is -4.19. The molecule has 0 saturated heterocycles. The number of alkyl halides is 3. The second-order valence-corrected chi connectivity index (χ2v) is 5.79. The minimum atomic E-state index is -4.82. The van der Waals surface area contributed by atoms with Crippen molar-refractivity contribution < 1.29 is 22.7 Å². The number of rotatable bonds is 6. The fraction of sp³-hybridized carbons (Fsp3) is 0.105. The van der Waals surface area contributed by atoms with Crippen molar-refractivity contribution in [1.82, 2.24) is 0 Å². The van der Waals surface area contributed by atoms with Crippen LogP contribution in [0.4, 0.5) is 18.9 Å². The first-order valence-corrected chi connectivity index (χ1v) is 8.13. The largest absolute Gasteiger partial charge is 0.447 e. The molecule has 9 heteroatoms. The molecule has 0 aliphatic rings. The molecule has 0 fully saturated rings. The Bertz CT molecular complexity index is 948. The van der Waals surface area contributed by atoms with Gasteiger partial charge in [-0.25, -0.2) is 4.79 Å². The summed E-state index contributed by atoms with van der Waals surface area (Å²) in [5, 5.41) is 18.7. The first kappa shape index (κ1) is 21.0. The van der Waals surface area contributed by atoms with Gasteiger partial charge in [-0.2, -0.15) is 18.4 Å². The summed E-state index contributed by atoms with van der Waals surface area (Å²) in [5.41, 5.74) is -0.831. The lowest BCUT2D eigenvalue weighted by Crippen LogP contribution is -2.20. The topological polar surface area (TPSA) is 86.0 Å². The van der Waals surface area contributed by atoms with Crippen LogP contribution in [0.1, 0.15) is 15.9 Å². The summed E-state index contributed by atoms with van der Waals surface area (Å²) in [6.45, 7) is -0.414. The molecular formula is C19H13ClF3N3O2. The predicted octanol–water partition coefficient (Wildman–Crippen LogP) is 5.06. The Morgan fingerprint density at radius 2 is 1.79 bits per heavy atom. The van der Waals surface area contributed by atoms with Crippen molar-refractivity contribution in [1.29, 1.82) is 10.7 Å². The van der Waals surface area contributed by atoms with Gasteiger partial charge in [0.25, 0.3) is 0 Å². The van der Waals surface area contributed by atoms with E-state index in [1.807, 2.05) is 0 Å². The summed E-state index contributed by atoms with van der Waals surface area (Å²) in [4.78, 5) is 11.7. The van der Waals surface area contributed by atoms with Crippen LogP contribution in [0.5, 0.6) is 0 Å². The molecule has 2 rings (SSSR count). The molecule has 0 aliphatic carbocycles. The number of carbonyl (C=O) groups is 1. The summed E-state index contributed by atoms with van der Waals surface area (Å²) in [7, 11) is 0. The molecule has 0 atom stereocenters. The number of nitriles is 1. The Morgan fingerprint density at radius 1 is 1.18 bits per heavy atom. The molecule has 0 unspecified atom stereocenters. The van der Waals surface area contributed by atoms with Gasteiger partial charge in [0.05, 0.1) is 16.3 Å². The molecule has 2 aromatic carbocycles. The van der Waals surface area contributed by atoms with Gasteiger partial charge in [0, 0.05) is 5.70 Å². The molecule has 28 heavy (non-hydrogen) atoms. The van der Waals surface area contributed by atoms with E-state index in [4.69, 9.17) is 22.3 Å². The molecule has 0 amide bonds. The van der Waals surface area contributed by atoms with Gasteiger partial charge >= 0.3 is 12.1 Å². The van der Waals surface area contributed by atoms with E-state index in [9.17, 15) is 18.0 Å². The maximum atomic E-state index is 12.8. The number of anilines is 1. The van der Waals surface area contributed by atoms with E-state index in [1.54, 1.807) is 30.3 Å². The summed E-state index contributed by atoms with van der Waals surface area (Å²) in [5.74, 6) is -0.735. The minimum Gasteiger partial charge on any atom is -0.447 e. The normalized spacial score (nSPS) is 11.5. The maximum Gasteiger partial charge on any atom is 0.432 e. The second kappa shape index (κ2) is 9.06. The first-order valence-electron chi connectivity index (χ1n) is 7.76. The van der Waals surface area contributed by atoms with Crippen LogP contribution in [-0.2, 0) is 4.74 Å². The van der Waals surface area contributed by atoms with Crippen LogP contribution in [0, 0.1) is 16.7 Å². The zero-order chi connectivity index (χ0) is 20.7. The third kappa shape index (κ3) is 5.59. The monoisotopic (exact) mass is 407 g/mol. The number of para-hydroxylation sites is 1. The summed E-state index contributed by atoms with van der Waals surface area (Å²) >= 11 is 6.04. The molecule has 0 saturated carbocycles. The molecule has 0 radical (unpaired) electrons. The Morgan fingerprint density at radius 3 is 2.36 bits per heavy atom. The molecule has 0 bridgehead atoms. The van der Waals surface area contributed by atoms with Gasteiger partial charge in [-0.05, 0) is 35.9 Å². The standard InChI is InChI=1S/C19H13ClF3N3O2/c20-14-3-1-2-4-15(14)26-16(11-17(25)19(21,22)23)12-5-7-13(8-6-12)18(27)28-10-9-24/h1-8,11,25-26H,10H2/b16-11-,25-17?. The number of hydrogen-bond donors (Lipinski definition) is 2. The van der Waals surface area contributed by atoms with Crippen LogP contribution in [0.3, 0.4) is 0 Å². The predicted molar refractivity (Wildman–Crippen MR) is 99.2 cm³/mol. The number of ether oxygens (including phenoxy) is 1. The number of esters is 1. The van der Waals surface area contributed by atoms with Crippen molar-refractivity contribution in [3.05, 3.63) is 70.8 Å². The average Bonchev–Trinajstić information content (AvgIpc) is 2.66. The highest BCUT2D eigenvalue weighted by molar-refractivity contribution is 6.33. The molecule has 0 spiro atoms. The van der Waals surface area contributed by atoms with Gasteiger partial charge in [-0.3, -0.25) is 5.41 Å². The van der Waals surface area contributed by atoms with Crippen LogP contribution in [0.25, 0.3) is 5.70 Å². The summed E-state index contributed by atoms with van der Waals surface area (Å²) in [6, 6.07) is 13.6. The van der Waals surface area contributed by atoms with Gasteiger partial charge in [-0.1, -0.05) is 35.9 Å². The van der Waals surface area contributed by atoms with E-state index < -0.39 is 24.5 Å². The van der Waals surface area contributed by atoms with E-state index in [2.05, 4.69) is 10.1 Å². The Hall–Kier alpha value is -3.31. The lowest BCUT2D eigenvalue weighted by molar-refractivity contribution is -0.0583. The number of hydrogen-bond acceptors (Lipinski definition) is 5. The zero-order valence-electron chi connectivity index (χ0n) is 14.2. The minimum absolute atomic E-state index is 0.0348. The first-order chi connectivity index (χ1) is 13.2. The molecule has 0 aliphatic heterocycles. The van der Waals surface area contributed by atoms with Crippen LogP contribution in [-0.4, -0.2) is 24.5 Å². The second-order valence-electron chi connectivity index (χ2n) is 5.39. The lowest BCUT2D eigenvalue weighted by atomic mass is 10.1. The van der Waals surface area contributed by atoms with Crippen LogP contribution in [0.15, 0.2) is 54.6 Å². The zero-order valence-corrected chi connectivity index (χ0v) is 14.9. The summed E-state index contributed by atoms with van der Waals surface area (Å²) < 4.78 is 43.1. The van der Waals surface area contributed by atoms with Crippen LogP contribution >= 0.6 is 11.6 Å². The van der Waals surface area contributed by atoms with E-state index in [0.717, 1.165) is 0 Å². The lowest BCUT2D eigenvalue weighted by Gasteiger charge is -2.14. The quantitative estimate of drug-likeness (QED) is 0.518. The molecule has 0 heterocycles. The number of nitrogens with one attached hydrogen (secondary N) is 2. The number of carbonyl (C=O) groups excluding carboxylic acids is 1. The van der Waals surface area contributed by atoms with Gasteiger partial charge in [-0.15, -0.1) is 0 Å². The Labute approximate surface area is 163 Å². The number of halogens is 4. The van der Waals surface area contributed by atoms with Crippen molar-refractivity contribution >= 4 is 34.7 Å². The van der Waals surface area contributed by atoms with Gasteiger partial charge in [0.1, 0.15) is 11.8 Å². The Balaban J connectivity index is 2.37. The molecule has 144 valence electrons. The Kier molecular flexibility index (Phi) is 6.79. The molecule has 2 N–H and O–H groups in total. The van der Waals surface area contributed by atoms with Crippen molar-refractivity contribution in [2.45, 2.75) is 6.18 Å². The van der Waals surface area contributed by atoms with E-state index in [0.29, 0.717) is 11.8 Å². The van der Waals surface area contributed by atoms with Gasteiger partial charge < -0.3 is 10.1 Å². The van der Waals surface area contributed by atoms with E-state index in [1.165, 1.54) is 24.3 Å². The fourth-order valence-corrected chi connectivity index (χ4v) is 2.28. The maximum absolute atomic E-state index is 12.8. The van der Waals surface area contributed by atoms with Crippen LogP contribution < -0.4 is 5.32 Å². The van der Waals surface area contributed by atoms with E-state index >= 15 is 0 Å². The van der Waals surface area contributed by atoms with E-state index in [-0.39, 0.29) is 21.8 Å². The SMILES string of the molecule is N#CCOC(=O)c1ccc(/C(=C/C(=N)C(F)(F)F)Nc2ccccc2Cl)cc1. The van der Waals surface area contributed by atoms with Gasteiger partial charge in [0.2, 0.25) is 0 Å². The molecule has 0 aromatic heterocycles. The van der Waals surface area contributed by atoms with Crippen molar-refractivity contribution in [3.63, 3.8) is 0 Å². The molecular weight excluding hydrogens is 395 g/mol. The van der Waals surface area contributed by atoms with Crippen LogP contribution in [0.2, 0.25) is 5.02 Å². The highest BCUT2D eigenvalue weighted by atomic mass is 35.5. The molecule has 5 nitrogen and oxygen atoms in total. The highest BCUT2D eigenvalue weighted by Gasteiger charge is 2.33. The number of allylic oxidation sites excluding steroid dienone is 1. The van der Waals surface area contributed by atoms with Crippen molar-refractivity contribution in [2.24, 2.45) is 0 Å². The fourth-order valence-electron chi connectivity index (χ4n) is 2.09. The van der Waals surface area contributed by atoms with Crippen molar-refractivity contribution in [2.75, 3.05) is 11.9 Å². The van der Waals surface area contributed by atoms with Gasteiger partial charge in [0.15, 0.2) is 6.61 Å². The highest BCUT2D eigenvalue weighted by Crippen LogP contribution is 2.27. The molecule has 2 aromatic rings. The third-order valence-electron chi connectivity index (χ3n) is 3.44. The smallest absolute Gasteiger partial charge is 0.432 e. The third-order valence-corrected chi connectivity index (χ3v) is 3.77. The average molecular weight is 408 g/mol. The number of nitrogens with zero attached hydrogens (tertiary/aromatic N) is 1.